The molecular formula is C8H10N2O6. The summed E-state index contributed by atoms with van der Waals surface area (Å²) in [6, 6.07) is -0.862. The number of imide groups is 2. The molecule has 4 amide bonds. The summed E-state index contributed by atoms with van der Waals surface area (Å²) < 4.78 is 0. The van der Waals surface area contributed by atoms with E-state index >= 15 is 0 Å². The van der Waals surface area contributed by atoms with Crippen molar-refractivity contribution in [2.24, 2.45) is 0 Å². The fraction of sp³-hybridized carbons (Fsp3) is 0.500. The highest BCUT2D eigenvalue weighted by molar-refractivity contribution is 6.44. The molecule has 1 aliphatic rings. The molecule has 0 aromatic rings. The van der Waals surface area contributed by atoms with Crippen molar-refractivity contribution in [2.75, 3.05) is 13.6 Å². The molecule has 1 unspecified atom stereocenters. The number of hydrogen-bond donors (Lipinski definition) is 2. The Labute approximate surface area is 90.0 Å². The van der Waals surface area contributed by atoms with Crippen LogP contribution in [0.2, 0.25) is 0 Å². The molecule has 0 radical (unpaired) electrons. The van der Waals surface area contributed by atoms with Gasteiger partial charge in [-0.3, -0.25) is 24.2 Å². The molecule has 0 aromatic heterocycles. The molecule has 0 aromatic carbocycles. The van der Waals surface area contributed by atoms with Gasteiger partial charge >= 0.3 is 23.8 Å². The van der Waals surface area contributed by atoms with Crippen LogP contribution in [0.15, 0.2) is 0 Å². The van der Waals surface area contributed by atoms with Crippen LogP contribution in [0.1, 0.15) is 6.42 Å². The Balaban J connectivity index is 2.68. The lowest BCUT2D eigenvalue weighted by Crippen LogP contribution is -2.38. The molecule has 8 nitrogen and oxygen atoms in total. The third-order valence-electron chi connectivity index (χ3n) is 2.05. The van der Waals surface area contributed by atoms with Crippen molar-refractivity contribution in [3.63, 3.8) is 0 Å². The topological polar surface area (TPSA) is 115 Å². The van der Waals surface area contributed by atoms with E-state index in [1.54, 1.807) is 0 Å². The monoisotopic (exact) mass is 230 g/mol. The highest BCUT2D eigenvalue weighted by Crippen LogP contribution is 2.10. The minimum Gasteiger partial charge on any atom is -0.481 e. The maximum absolute atomic E-state index is 11.3. The van der Waals surface area contributed by atoms with Crippen molar-refractivity contribution in [1.82, 2.24) is 9.80 Å². The molecule has 0 bridgehead atoms. The molecular weight excluding hydrogens is 220 g/mol. The molecule has 1 saturated heterocycles. The van der Waals surface area contributed by atoms with E-state index in [1.807, 2.05) is 0 Å². The van der Waals surface area contributed by atoms with Gasteiger partial charge in [0.25, 0.3) is 0 Å². The molecule has 1 atom stereocenters. The average Bonchev–Trinajstić information content (AvgIpc) is 2.34. The smallest absolute Gasteiger partial charge is 0.334 e. The molecule has 0 saturated carbocycles. The van der Waals surface area contributed by atoms with Gasteiger partial charge in [-0.25, -0.2) is 4.79 Å². The molecule has 16 heavy (non-hydrogen) atoms. The second-order valence-electron chi connectivity index (χ2n) is 3.31. The van der Waals surface area contributed by atoms with Crippen molar-refractivity contribution < 1.29 is 29.4 Å². The van der Waals surface area contributed by atoms with E-state index in [9.17, 15) is 24.3 Å². The van der Waals surface area contributed by atoms with Crippen molar-refractivity contribution in [1.29, 1.82) is 0 Å². The zero-order valence-corrected chi connectivity index (χ0v) is 8.41. The first kappa shape index (κ1) is 12.1. The van der Waals surface area contributed by atoms with E-state index < -0.39 is 42.9 Å². The number of aliphatic hydroxyl groups excluding tert-OH is 1. The first-order chi connectivity index (χ1) is 7.34. The van der Waals surface area contributed by atoms with Crippen molar-refractivity contribution in [2.45, 2.75) is 12.5 Å². The molecule has 0 aliphatic carbocycles. The van der Waals surface area contributed by atoms with Gasteiger partial charge in [0.1, 0.15) is 0 Å². The SMILES string of the molecule is CN1C(=O)C(=O)N(CC(O)CC(=O)O)C1=O. The van der Waals surface area contributed by atoms with Gasteiger partial charge in [-0.15, -0.1) is 0 Å². The molecule has 1 rings (SSSR count). The van der Waals surface area contributed by atoms with Crippen LogP contribution in [0.25, 0.3) is 0 Å². The highest BCUT2D eigenvalue weighted by atomic mass is 16.4. The number of hydrogen-bond acceptors (Lipinski definition) is 5. The zero-order chi connectivity index (χ0) is 12.5. The number of nitrogens with zero attached hydrogens (tertiary/aromatic N) is 2. The van der Waals surface area contributed by atoms with E-state index in [-0.39, 0.29) is 0 Å². The number of carbonyl (C=O) groups excluding carboxylic acids is 3. The van der Waals surface area contributed by atoms with E-state index in [1.165, 1.54) is 0 Å². The molecule has 8 heteroatoms. The lowest BCUT2D eigenvalue weighted by atomic mass is 10.2. The van der Waals surface area contributed by atoms with Crippen LogP contribution in [0.4, 0.5) is 4.79 Å². The Hall–Kier alpha value is -1.96. The van der Waals surface area contributed by atoms with Crippen LogP contribution in [0, 0.1) is 0 Å². The molecule has 0 spiro atoms. The van der Waals surface area contributed by atoms with Crippen LogP contribution in [-0.4, -0.2) is 63.5 Å². The first-order valence-corrected chi connectivity index (χ1v) is 4.38. The van der Waals surface area contributed by atoms with Crippen LogP contribution in [-0.2, 0) is 14.4 Å². The zero-order valence-electron chi connectivity index (χ0n) is 8.41. The van der Waals surface area contributed by atoms with Gasteiger partial charge < -0.3 is 10.2 Å². The van der Waals surface area contributed by atoms with Crippen molar-refractivity contribution in [3.05, 3.63) is 0 Å². The van der Waals surface area contributed by atoms with Gasteiger partial charge in [-0.05, 0) is 0 Å². The Kier molecular flexibility index (Phi) is 3.23. The lowest BCUT2D eigenvalue weighted by molar-refractivity contribution is -0.144. The van der Waals surface area contributed by atoms with Crippen molar-refractivity contribution >= 4 is 23.8 Å². The maximum Gasteiger partial charge on any atom is 0.334 e. The summed E-state index contributed by atoms with van der Waals surface area (Å²) in [5.41, 5.74) is 0. The molecule has 1 aliphatic heterocycles. The van der Waals surface area contributed by atoms with Crippen LogP contribution in [0.3, 0.4) is 0 Å². The number of carboxylic acids is 1. The number of aliphatic carboxylic acids is 1. The van der Waals surface area contributed by atoms with Gasteiger partial charge in [0, 0.05) is 7.05 Å². The Morgan fingerprint density at radius 2 is 1.88 bits per heavy atom. The minimum atomic E-state index is -1.38. The van der Waals surface area contributed by atoms with E-state index in [0.717, 1.165) is 7.05 Å². The number of aliphatic hydroxyl groups is 1. The van der Waals surface area contributed by atoms with Gasteiger partial charge in [-0.2, -0.15) is 0 Å². The molecule has 1 fully saturated rings. The summed E-state index contributed by atoms with van der Waals surface area (Å²) in [6.45, 7) is -0.500. The summed E-state index contributed by atoms with van der Waals surface area (Å²) in [5.74, 6) is -3.31. The van der Waals surface area contributed by atoms with Crippen LogP contribution in [0.5, 0.6) is 0 Å². The third kappa shape index (κ3) is 2.16. The number of likely N-dealkylation sites (N-methyl/N-ethyl adjacent to an activating group) is 1. The third-order valence-corrected chi connectivity index (χ3v) is 2.05. The fourth-order valence-electron chi connectivity index (χ4n) is 1.25. The second-order valence-corrected chi connectivity index (χ2v) is 3.31. The standard InChI is InChI=1S/C8H10N2O6/c1-9-6(14)7(15)10(8(9)16)3-4(11)2-5(12)13/h4,11H,2-3H2,1H3,(H,12,13). The second kappa shape index (κ2) is 4.27. The predicted octanol–water partition coefficient (Wildman–Crippen LogP) is -1.76. The summed E-state index contributed by atoms with van der Waals surface area (Å²) >= 11 is 0. The summed E-state index contributed by atoms with van der Waals surface area (Å²) in [6.07, 6.45) is -1.99. The molecule has 1 heterocycles. The summed E-state index contributed by atoms with van der Waals surface area (Å²) in [5, 5.41) is 17.6. The summed E-state index contributed by atoms with van der Waals surface area (Å²) in [7, 11) is 1.13. The number of urea groups is 1. The Morgan fingerprint density at radius 3 is 2.25 bits per heavy atom. The fourth-order valence-corrected chi connectivity index (χ4v) is 1.25. The van der Waals surface area contributed by atoms with E-state index in [0.29, 0.717) is 9.80 Å². The number of β-amino-alcohol motifs (C(OH)–C–C–N with tert-alkyl or cyclic N) is 1. The van der Waals surface area contributed by atoms with E-state index in [2.05, 4.69) is 0 Å². The average molecular weight is 230 g/mol. The van der Waals surface area contributed by atoms with Gasteiger partial charge in [0.05, 0.1) is 19.1 Å². The summed E-state index contributed by atoms with van der Waals surface area (Å²) in [4.78, 5) is 44.9. The normalized spacial score (nSPS) is 18.2. The van der Waals surface area contributed by atoms with Gasteiger partial charge in [0.2, 0.25) is 0 Å². The molecule has 88 valence electrons. The lowest BCUT2D eigenvalue weighted by Gasteiger charge is -2.15. The highest BCUT2D eigenvalue weighted by Gasteiger charge is 2.42. The molecule has 2 N–H and O–H groups in total. The number of amides is 4. The number of rotatable bonds is 4. The van der Waals surface area contributed by atoms with Crippen LogP contribution < -0.4 is 0 Å². The minimum absolute atomic E-state index is 0.500. The number of carbonyl (C=O) groups is 4. The Morgan fingerprint density at radius 1 is 1.31 bits per heavy atom. The predicted molar refractivity (Wildman–Crippen MR) is 48.1 cm³/mol. The van der Waals surface area contributed by atoms with Crippen LogP contribution >= 0.6 is 0 Å². The largest absolute Gasteiger partial charge is 0.481 e. The quantitative estimate of drug-likeness (QED) is 0.436. The van der Waals surface area contributed by atoms with E-state index in [4.69, 9.17) is 5.11 Å². The van der Waals surface area contributed by atoms with Gasteiger partial charge in [-0.1, -0.05) is 0 Å². The van der Waals surface area contributed by atoms with Crippen molar-refractivity contribution in [3.8, 4) is 0 Å². The Bertz CT molecular complexity index is 366. The first-order valence-electron chi connectivity index (χ1n) is 4.38. The van der Waals surface area contributed by atoms with Gasteiger partial charge in [0.15, 0.2) is 0 Å². The number of carboxylic acid groups (broad SMARTS) is 1. The maximum atomic E-state index is 11.3.